The van der Waals surface area contributed by atoms with Crippen LogP contribution >= 0.6 is 20.8 Å². The van der Waals surface area contributed by atoms with Crippen LogP contribution in [0.25, 0.3) is 10.9 Å². The van der Waals surface area contributed by atoms with Gasteiger partial charge in [-0.15, -0.1) is 10.1 Å². The Morgan fingerprint density at radius 3 is 2.50 bits per heavy atom. The Morgan fingerprint density at radius 2 is 1.89 bits per heavy atom. The Hall–Kier alpha value is -3.12. The number of anilines is 1. The van der Waals surface area contributed by atoms with Gasteiger partial charge in [0, 0.05) is 72.3 Å². The third-order valence-electron chi connectivity index (χ3n) is 7.05. The molecule has 0 aliphatic carbocycles. The number of piperazine rings is 1. The molecule has 1 unspecified atom stereocenters. The summed E-state index contributed by atoms with van der Waals surface area (Å²) in [7, 11) is 5.25. The molecule has 2 aliphatic rings. The lowest BCUT2D eigenvalue weighted by Gasteiger charge is -2.44. The molecule has 0 bridgehead atoms. The van der Waals surface area contributed by atoms with Gasteiger partial charge in [0.2, 0.25) is 5.91 Å². The number of carbonyl (C=O) groups excluding carboxylic acids is 1. The second-order valence-corrected chi connectivity index (χ2v) is 12.4. The number of nitrogens with zero attached hydrogens (tertiary/aromatic N) is 6. The molecule has 3 aromatic rings. The summed E-state index contributed by atoms with van der Waals surface area (Å²) in [6.07, 6.45) is 1.26. The van der Waals surface area contributed by atoms with Crippen molar-refractivity contribution in [2.24, 2.45) is 0 Å². The number of carbonyl (C=O) groups is 1. The first-order chi connectivity index (χ1) is 18.0. The number of thiol groups is 1. The second kappa shape index (κ2) is 9.88. The summed E-state index contributed by atoms with van der Waals surface area (Å²) in [6.45, 7) is 8.00. The zero-order valence-corrected chi connectivity index (χ0v) is 22.3. The van der Waals surface area contributed by atoms with E-state index in [0.29, 0.717) is 34.9 Å². The van der Waals surface area contributed by atoms with Crippen molar-refractivity contribution >= 4 is 43.4 Å². The van der Waals surface area contributed by atoms with Gasteiger partial charge in [-0.1, -0.05) is 17.3 Å². The maximum Gasteiger partial charge on any atom is 0.416 e. The van der Waals surface area contributed by atoms with Crippen molar-refractivity contribution in [2.45, 2.75) is 49.5 Å². The molecule has 1 fully saturated rings. The lowest BCUT2D eigenvalue weighted by Crippen LogP contribution is -2.58. The number of hydrogen-bond donors (Lipinski definition) is 1. The highest BCUT2D eigenvalue weighted by Gasteiger charge is 2.37. The minimum absolute atomic E-state index is 0.163. The molecule has 2 aromatic heterocycles. The highest BCUT2D eigenvalue weighted by Crippen LogP contribution is 2.51. The molecule has 5 rings (SSSR count). The van der Waals surface area contributed by atoms with Gasteiger partial charge in [0.15, 0.2) is 0 Å². The van der Waals surface area contributed by atoms with Crippen molar-refractivity contribution in [3.63, 3.8) is 0 Å². The predicted octanol–water partition coefficient (Wildman–Crippen LogP) is 4.13. The van der Waals surface area contributed by atoms with Crippen LogP contribution in [0.15, 0.2) is 53.1 Å². The number of hydrogen-bond acceptors (Lipinski definition) is 6. The minimum Gasteiger partial charge on any atom is -0.352 e. The van der Waals surface area contributed by atoms with Crippen LogP contribution in [0.1, 0.15) is 31.0 Å². The van der Waals surface area contributed by atoms with Crippen LogP contribution in [0.4, 0.5) is 19.0 Å². The minimum atomic E-state index is -4.62. The lowest BCUT2D eigenvalue weighted by molar-refractivity contribution is -0.137. The zero-order valence-electron chi connectivity index (χ0n) is 20.7. The zero-order chi connectivity index (χ0) is 27.4. The number of rotatable bonds is 3. The Labute approximate surface area is 224 Å². The summed E-state index contributed by atoms with van der Waals surface area (Å²) in [4.78, 5) is 42.4. The molecule has 13 heteroatoms. The fourth-order valence-electron chi connectivity index (χ4n) is 5.45. The number of benzene rings is 1. The van der Waals surface area contributed by atoms with Gasteiger partial charge < -0.3 is 9.80 Å². The average molecular weight is 567 g/mol. The third kappa shape index (κ3) is 4.64. The third-order valence-corrected chi connectivity index (χ3v) is 9.64. The summed E-state index contributed by atoms with van der Waals surface area (Å²) in [5, 5.41) is 0.213. The monoisotopic (exact) mass is 566 g/mol. The topological polar surface area (TPSA) is 84.2 Å². The number of alkyl halides is 3. The van der Waals surface area contributed by atoms with Crippen LogP contribution in [0, 0.1) is 0 Å². The van der Waals surface area contributed by atoms with Crippen LogP contribution in [-0.2, 0) is 17.5 Å². The predicted molar refractivity (Wildman–Crippen MR) is 142 cm³/mol. The fraction of sp³-hybridized carbons (Fsp3) is 0.400. The fourth-order valence-corrected chi connectivity index (χ4v) is 7.98. The first-order valence-electron chi connectivity index (χ1n) is 12.0. The van der Waals surface area contributed by atoms with Crippen LogP contribution in [0.5, 0.6) is 0 Å². The number of amides is 1. The van der Waals surface area contributed by atoms with E-state index in [0.717, 1.165) is 12.1 Å². The molecule has 0 saturated carbocycles. The van der Waals surface area contributed by atoms with Gasteiger partial charge in [-0.05, 0) is 32.1 Å². The molecule has 4 atom stereocenters. The van der Waals surface area contributed by atoms with Gasteiger partial charge in [0.1, 0.15) is 5.82 Å². The molecule has 38 heavy (non-hydrogen) atoms. The second-order valence-electron chi connectivity index (χ2n) is 9.64. The van der Waals surface area contributed by atoms with E-state index in [-0.39, 0.29) is 41.7 Å². The highest BCUT2D eigenvalue weighted by molar-refractivity contribution is 8.36. The lowest BCUT2D eigenvalue weighted by atomic mass is 10.0. The smallest absolute Gasteiger partial charge is 0.352 e. The largest absolute Gasteiger partial charge is 0.416 e. The molecule has 1 aromatic carbocycles. The van der Waals surface area contributed by atoms with E-state index in [2.05, 4.69) is 21.5 Å². The van der Waals surface area contributed by atoms with Crippen LogP contribution in [0.2, 0.25) is 0 Å². The van der Waals surface area contributed by atoms with Crippen molar-refractivity contribution in [2.75, 3.05) is 23.7 Å². The van der Waals surface area contributed by atoms with Gasteiger partial charge in [-0.3, -0.25) is 19.3 Å². The maximum atomic E-state index is 14.1. The molecule has 0 radical (unpaired) electrons. The molecule has 1 amide bonds. The molecule has 0 spiro atoms. The molecular formula is C25H26ClF3N6O2S. The first-order valence-corrected chi connectivity index (χ1v) is 14.5. The van der Waals surface area contributed by atoms with Gasteiger partial charge in [-0.2, -0.15) is 18.2 Å². The van der Waals surface area contributed by atoms with Gasteiger partial charge in [-0.25, -0.2) is 4.79 Å². The van der Waals surface area contributed by atoms with E-state index in [4.69, 9.17) is 10.7 Å². The summed E-state index contributed by atoms with van der Waals surface area (Å²) in [6, 6.07) is 1.55. The quantitative estimate of drug-likeness (QED) is 0.379. The van der Waals surface area contributed by atoms with Crippen LogP contribution in [0.3, 0.4) is 0 Å². The van der Waals surface area contributed by atoms with E-state index in [1.165, 1.54) is 23.0 Å². The van der Waals surface area contributed by atoms with Crippen molar-refractivity contribution in [1.82, 2.24) is 24.4 Å². The van der Waals surface area contributed by atoms with Crippen LogP contribution in [-0.4, -0.2) is 61.3 Å². The van der Waals surface area contributed by atoms with Crippen molar-refractivity contribution in [3.05, 3.63) is 65.1 Å². The van der Waals surface area contributed by atoms with Crippen molar-refractivity contribution in [3.8, 4) is 0 Å². The standard InChI is InChI=1S/C25H26ClF3N6O2S/c1-4-21(36)35-14(2)10-33(11-15(35)3)23-18-7-17(25(27,28)29)8-20-22(18)34(24(37)32-23)12-16(13-38(20)26)19-9-30-5-6-31-19/h4-9,14-16,38H,1,10-13H2,2-3H3/t14-,15+,16-/m0/s1. The Kier molecular flexibility index (Phi) is 6.89. The summed E-state index contributed by atoms with van der Waals surface area (Å²) in [5.41, 5.74) is -0.445. The molecule has 4 heterocycles. The Balaban J connectivity index is 1.70. The maximum absolute atomic E-state index is 14.1. The molecule has 1 saturated heterocycles. The SMILES string of the molecule is C=CC(=O)N1[C@H](C)CN(c2nc(=O)n3c4c(cc(C(F)(F)F)cc24)[SH](Cl)C[C@@H](c2cnccn2)C3)C[C@@H]1C. The highest BCUT2D eigenvalue weighted by atomic mass is 35.7. The van der Waals surface area contributed by atoms with E-state index in [1.807, 2.05) is 13.8 Å². The average Bonchev–Trinajstić information content (AvgIpc) is 3.02. The summed E-state index contributed by atoms with van der Waals surface area (Å²) < 4.78 is 43.6. The molecule has 202 valence electrons. The molecule has 2 aliphatic heterocycles. The first kappa shape index (κ1) is 26.5. The van der Waals surface area contributed by atoms with Crippen LogP contribution < -0.4 is 10.6 Å². The van der Waals surface area contributed by atoms with E-state index >= 15 is 0 Å². The van der Waals surface area contributed by atoms with Crippen molar-refractivity contribution < 1.29 is 18.0 Å². The van der Waals surface area contributed by atoms with Gasteiger partial charge in [0.05, 0.1) is 16.8 Å². The summed E-state index contributed by atoms with van der Waals surface area (Å²) in [5.74, 6) is -0.0563. The normalized spacial score (nSPS) is 24.8. The van der Waals surface area contributed by atoms with E-state index in [9.17, 15) is 22.8 Å². The number of halogens is 4. The Morgan fingerprint density at radius 1 is 1.18 bits per heavy atom. The summed E-state index contributed by atoms with van der Waals surface area (Å²) >= 11 is 0. The number of aromatic nitrogens is 4. The molecule has 0 N–H and O–H groups in total. The van der Waals surface area contributed by atoms with Crippen molar-refractivity contribution in [1.29, 1.82) is 0 Å². The molecule has 8 nitrogen and oxygen atoms in total. The van der Waals surface area contributed by atoms with Gasteiger partial charge in [0.25, 0.3) is 0 Å². The molecular weight excluding hydrogens is 541 g/mol. The van der Waals surface area contributed by atoms with Gasteiger partial charge >= 0.3 is 11.9 Å². The van der Waals surface area contributed by atoms with E-state index < -0.39 is 27.5 Å². The van der Waals surface area contributed by atoms with E-state index in [1.54, 1.807) is 16.0 Å². The Bertz CT molecular complexity index is 1460.